The number of rotatable bonds is 5. The monoisotopic (exact) mass is 500 g/mol. The van der Waals surface area contributed by atoms with Crippen LogP contribution in [0.5, 0.6) is 17.2 Å². The minimum absolute atomic E-state index is 0.0150. The first-order chi connectivity index (χ1) is 18.2. The second-order valence-corrected chi connectivity index (χ2v) is 9.96. The standard InChI is InChI=1S/C30H32N2O5/c1-35-24-11-8-21(9-12-24)20-4-6-22(7-5-20)29-25-17-31(14-2-3-15-32(25)26(29)18-33)30(34)23-10-13-27-28(16-23)37-19-36-27/h4-13,16,25-26,29,33H,2-3,14-15,17-19H2,1H3/t25-,26+,29-/m1/s1. The highest BCUT2D eigenvalue weighted by Gasteiger charge is 2.49. The number of hydrogen-bond donors (Lipinski definition) is 1. The van der Waals surface area contributed by atoms with Crippen LogP contribution in [0.15, 0.2) is 66.7 Å². The van der Waals surface area contributed by atoms with Gasteiger partial charge < -0.3 is 24.2 Å². The molecule has 0 saturated carbocycles. The van der Waals surface area contributed by atoms with Crippen molar-refractivity contribution in [2.45, 2.75) is 30.8 Å². The number of fused-ring (bicyclic) bond motifs is 2. The normalized spacial score (nSPS) is 23.0. The fraction of sp³-hybridized carbons (Fsp3) is 0.367. The number of ether oxygens (including phenoxy) is 3. The van der Waals surface area contributed by atoms with Gasteiger partial charge in [-0.1, -0.05) is 36.4 Å². The van der Waals surface area contributed by atoms with E-state index in [1.165, 1.54) is 5.56 Å². The number of hydrogen-bond acceptors (Lipinski definition) is 6. The van der Waals surface area contributed by atoms with Crippen molar-refractivity contribution in [3.05, 3.63) is 77.9 Å². The Bertz CT molecular complexity index is 1260. The van der Waals surface area contributed by atoms with E-state index in [-0.39, 0.29) is 37.3 Å². The van der Waals surface area contributed by atoms with Crippen LogP contribution in [-0.2, 0) is 0 Å². The van der Waals surface area contributed by atoms with Crippen LogP contribution in [0, 0.1) is 0 Å². The zero-order valence-corrected chi connectivity index (χ0v) is 21.0. The minimum atomic E-state index is 0.0150. The average molecular weight is 501 g/mol. The molecule has 0 radical (unpaired) electrons. The summed E-state index contributed by atoms with van der Waals surface area (Å²) < 4.78 is 16.2. The molecule has 3 atom stereocenters. The first kappa shape index (κ1) is 23.8. The SMILES string of the molecule is COc1ccc(-c2ccc([C@@H]3[C@H]4CN(C(=O)c5ccc6c(c5)OCO6)CCCCN4[C@H]3CO)cc2)cc1. The molecule has 1 N–H and O–H groups in total. The number of amides is 1. The molecule has 7 nitrogen and oxygen atoms in total. The van der Waals surface area contributed by atoms with E-state index in [9.17, 15) is 9.90 Å². The lowest BCUT2D eigenvalue weighted by Crippen LogP contribution is -2.67. The average Bonchev–Trinajstić information content (AvgIpc) is 3.40. The third-order valence-electron chi connectivity index (χ3n) is 8.00. The van der Waals surface area contributed by atoms with E-state index in [0.717, 1.165) is 42.8 Å². The van der Waals surface area contributed by atoms with E-state index in [2.05, 4.69) is 41.3 Å². The molecule has 3 aromatic carbocycles. The van der Waals surface area contributed by atoms with Gasteiger partial charge in [-0.2, -0.15) is 0 Å². The topological polar surface area (TPSA) is 71.5 Å². The lowest BCUT2D eigenvalue weighted by Gasteiger charge is -2.57. The van der Waals surface area contributed by atoms with Crippen LogP contribution < -0.4 is 14.2 Å². The van der Waals surface area contributed by atoms with Crippen LogP contribution in [0.4, 0.5) is 0 Å². The molecule has 0 aliphatic carbocycles. The van der Waals surface area contributed by atoms with E-state index in [1.807, 2.05) is 29.2 Å². The zero-order chi connectivity index (χ0) is 25.4. The van der Waals surface area contributed by atoms with Gasteiger partial charge in [-0.05, 0) is 66.4 Å². The van der Waals surface area contributed by atoms with E-state index >= 15 is 0 Å². The molecule has 3 aliphatic heterocycles. The fourth-order valence-corrected chi connectivity index (χ4v) is 6.02. The van der Waals surface area contributed by atoms with Gasteiger partial charge in [-0.25, -0.2) is 0 Å². The van der Waals surface area contributed by atoms with Crippen LogP contribution in [0.3, 0.4) is 0 Å². The molecule has 1 amide bonds. The van der Waals surface area contributed by atoms with Gasteiger partial charge in [-0.15, -0.1) is 0 Å². The number of benzene rings is 3. The Morgan fingerprint density at radius 1 is 0.946 bits per heavy atom. The molecule has 0 bridgehead atoms. The Morgan fingerprint density at radius 2 is 1.65 bits per heavy atom. The molecule has 3 heterocycles. The second-order valence-electron chi connectivity index (χ2n) is 9.96. The second kappa shape index (κ2) is 10.1. The molecule has 0 unspecified atom stereocenters. The van der Waals surface area contributed by atoms with Gasteiger partial charge in [0.2, 0.25) is 6.79 Å². The van der Waals surface area contributed by atoms with Gasteiger partial charge in [0.1, 0.15) is 5.75 Å². The van der Waals surface area contributed by atoms with Gasteiger partial charge in [-0.3, -0.25) is 9.69 Å². The molecule has 37 heavy (non-hydrogen) atoms. The van der Waals surface area contributed by atoms with Gasteiger partial charge in [0.15, 0.2) is 11.5 Å². The zero-order valence-electron chi connectivity index (χ0n) is 21.0. The van der Waals surface area contributed by atoms with Crippen molar-refractivity contribution in [2.24, 2.45) is 0 Å². The highest BCUT2D eigenvalue weighted by atomic mass is 16.7. The maximum absolute atomic E-state index is 13.5. The fourth-order valence-electron chi connectivity index (χ4n) is 6.02. The van der Waals surface area contributed by atoms with Crippen LogP contribution in [0.1, 0.15) is 34.7 Å². The Hall–Kier alpha value is -3.55. The quantitative estimate of drug-likeness (QED) is 0.568. The number of aliphatic hydroxyl groups is 1. The smallest absolute Gasteiger partial charge is 0.254 e. The molecule has 6 rings (SSSR count). The van der Waals surface area contributed by atoms with Crippen molar-refractivity contribution in [1.82, 2.24) is 9.80 Å². The van der Waals surface area contributed by atoms with E-state index in [1.54, 1.807) is 13.2 Å². The van der Waals surface area contributed by atoms with Crippen LogP contribution in [0.2, 0.25) is 0 Å². The van der Waals surface area contributed by atoms with Gasteiger partial charge in [0, 0.05) is 36.7 Å². The summed E-state index contributed by atoms with van der Waals surface area (Å²) in [4.78, 5) is 17.9. The summed E-state index contributed by atoms with van der Waals surface area (Å²) in [5, 5.41) is 10.3. The Labute approximate surface area is 217 Å². The molecule has 0 aromatic heterocycles. The molecular weight excluding hydrogens is 468 g/mol. The summed E-state index contributed by atoms with van der Waals surface area (Å²) >= 11 is 0. The Morgan fingerprint density at radius 3 is 2.38 bits per heavy atom. The summed E-state index contributed by atoms with van der Waals surface area (Å²) in [6.07, 6.45) is 1.94. The number of aliphatic hydroxyl groups excluding tert-OH is 1. The van der Waals surface area contributed by atoms with Crippen LogP contribution in [-0.4, -0.2) is 73.0 Å². The van der Waals surface area contributed by atoms with Gasteiger partial charge in [0.05, 0.1) is 13.7 Å². The van der Waals surface area contributed by atoms with Crippen molar-refractivity contribution >= 4 is 5.91 Å². The Balaban J connectivity index is 1.23. The highest BCUT2D eigenvalue weighted by Crippen LogP contribution is 2.43. The summed E-state index contributed by atoms with van der Waals surface area (Å²) in [5.41, 5.74) is 4.09. The van der Waals surface area contributed by atoms with Crippen molar-refractivity contribution in [3.8, 4) is 28.4 Å². The first-order valence-electron chi connectivity index (χ1n) is 13.0. The summed E-state index contributed by atoms with van der Waals surface area (Å²) in [5.74, 6) is 2.32. The number of carbonyl (C=O) groups excluding carboxylic acids is 1. The van der Waals surface area contributed by atoms with Crippen molar-refractivity contribution in [2.75, 3.05) is 40.1 Å². The molecule has 3 aromatic rings. The van der Waals surface area contributed by atoms with E-state index < -0.39 is 0 Å². The predicted molar refractivity (Wildman–Crippen MR) is 140 cm³/mol. The maximum atomic E-state index is 13.5. The third kappa shape index (κ3) is 4.43. The van der Waals surface area contributed by atoms with Crippen LogP contribution in [0.25, 0.3) is 11.1 Å². The predicted octanol–water partition coefficient (Wildman–Crippen LogP) is 4.16. The first-order valence-corrected chi connectivity index (χ1v) is 13.0. The summed E-state index contributed by atoms with van der Waals surface area (Å²) in [7, 11) is 1.67. The molecular formula is C30H32N2O5. The number of nitrogens with zero attached hydrogens (tertiary/aromatic N) is 2. The minimum Gasteiger partial charge on any atom is -0.497 e. The van der Waals surface area contributed by atoms with Crippen molar-refractivity contribution < 1.29 is 24.1 Å². The molecule has 0 spiro atoms. The number of carbonyl (C=O) groups is 1. The van der Waals surface area contributed by atoms with Gasteiger partial charge in [0.25, 0.3) is 5.91 Å². The lowest BCUT2D eigenvalue weighted by atomic mass is 9.74. The molecule has 2 saturated heterocycles. The third-order valence-corrected chi connectivity index (χ3v) is 8.00. The highest BCUT2D eigenvalue weighted by molar-refractivity contribution is 5.95. The molecule has 192 valence electrons. The van der Waals surface area contributed by atoms with E-state index in [4.69, 9.17) is 14.2 Å². The van der Waals surface area contributed by atoms with Gasteiger partial charge >= 0.3 is 0 Å². The van der Waals surface area contributed by atoms with E-state index in [0.29, 0.717) is 23.6 Å². The maximum Gasteiger partial charge on any atom is 0.254 e. The number of methoxy groups -OCH3 is 1. The summed E-state index contributed by atoms with van der Waals surface area (Å²) in [6.45, 7) is 2.61. The molecule has 2 fully saturated rings. The lowest BCUT2D eigenvalue weighted by molar-refractivity contribution is -0.0606. The molecule has 3 aliphatic rings. The molecule has 7 heteroatoms. The summed E-state index contributed by atoms with van der Waals surface area (Å²) in [6, 6.07) is 22.3. The Kier molecular flexibility index (Phi) is 6.49. The largest absolute Gasteiger partial charge is 0.497 e. The van der Waals surface area contributed by atoms with Crippen molar-refractivity contribution in [1.29, 1.82) is 0 Å². The van der Waals surface area contributed by atoms with Crippen LogP contribution >= 0.6 is 0 Å². The van der Waals surface area contributed by atoms with Crippen molar-refractivity contribution in [3.63, 3.8) is 0 Å².